The molecule has 5 nitrogen and oxygen atoms in total. The minimum absolute atomic E-state index is 0.145. The van der Waals surface area contributed by atoms with Gasteiger partial charge in [-0.15, -0.1) is 0 Å². The number of aryl methyl sites for hydroxylation is 1. The summed E-state index contributed by atoms with van der Waals surface area (Å²) < 4.78 is 18.4. The molecule has 0 radical (unpaired) electrons. The zero-order valence-corrected chi connectivity index (χ0v) is 14.2. The summed E-state index contributed by atoms with van der Waals surface area (Å²) >= 11 is 0. The van der Waals surface area contributed by atoms with Crippen LogP contribution in [-0.2, 0) is 16.8 Å². The summed E-state index contributed by atoms with van der Waals surface area (Å²) in [7, 11) is 0. The van der Waals surface area contributed by atoms with Crippen molar-refractivity contribution in [2.75, 3.05) is 13.2 Å². The van der Waals surface area contributed by atoms with Gasteiger partial charge < -0.3 is 10.1 Å². The van der Waals surface area contributed by atoms with Gasteiger partial charge in [-0.1, -0.05) is 24.3 Å². The molecule has 2 aromatic carbocycles. The van der Waals surface area contributed by atoms with Crippen molar-refractivity contribution >= 4 is 11.9 Å². The van der Waals surface area contributed by atoms with E-state index in [4.69, 9.17) is 4.74 Å². The van der Waals surface area contributed by atoms with E-state index in [0.29, 0.717) is 12.2 Å². The maximum atomic E-state index is 13.1. The Morgan fingerprint density at radius 2 is 1.88 bits per heavy atom. The largest absolute Gasteiger partial charge is 0.492 e. The molecule has 6 heteroatoms. The van der Waals surface area contributed by atoms with Crippen molar-refractivity contribution in [3.8, 4) is 5.75 Å². The summed E-state index contributed by atoms with van der Waals surface area (Å²) in [5.74, 6) is -0.0714. The topological polar surface area (TPSA) is 58.6 Å². The molecule has 0 unspecified atom stereocenters. The number of carbonyl (C=O) groups is 2. The summed E-state index contributed by atoms with van der Waals surface area (Å²) in [6, 6.07) is 13.0. The molecule has 0 bridgehead atoms. The van der Waals surface area contributed by atoms with Crippen molar-refractivity contribution in [1.29, 1.82) is 0 Å². The minimum atomic E-state index is -0.957. The van der Waals surface area contributed by atoms with Crippen LogP contribution in [0, 0.1) is 5.82 Å². The summed E-state index contributed by atoms with van der Waals surface area (Å²) in [6.45, 7) is 0.300. The molecule has 26 heavy (non-hydrogen) atoms. The number of halogens is 1. The Kier molecular flexibility index (Phi) is 4.11. The molecule has 1 fully saturated rings. The normalized spacial score (nSPS) is 21.7. The Bertz CT molecular complexity index is 852. The number of hydrogen-bond acceptors (Lipinski definition) is 3. The summed E-state index contributed by atoms with van der Waals surface area (Å²) in [4.78, 5) is 26.7. The molecule has 1 atom stereocenters. The number of carbonyl (C=O) groups excluding carboxylic acids is 2. The maximum absolute atomic E-state index is 13.1. The van der Waals surface area contributed by atoms with E-state index in [1.807, 2.05) is 24.3 Å². The van der Waals surface area contributed by atoms with Crippen LogP contribution in [0.2, 0.25) is 0 Å². The van der Waals surface area contributed by atoms with Crippen molar-refractivity contribution in [3.05, 3.63) is 65.5 Å². The molecule has 1 spiro atoms. The number of imide groups is 1. The molecule has 134 valence electrons. The van der Waals surface area contributed by atoms with E-state index < -0.39 is 11.6 Å². The lowest BCUT2D eigenvalue weighted by atomic mass is 9.76. The highest BCUT2D eigenvalue weighted by Gasteiger charge is 2.53. The fourth-order valence-electron chi connectivity index (χ4n) is 3.80. The number of nitrogens with zero attached hydrogens (tertiary/aromatic N) is 1. The Hall–Kier alpha value is -2.89. The number of rotatable bonds is 4. The standard InChI is InChI=1S/C20H19FN2O3/c21-15-7-9-16(10-8-15)26-13-12-23-18(24)20(22-19(23)25)11-3-5-14-4-1-2-6-17(14)20/h1-2,4,6-10H,3,5,11-13H2,(H,22,25)/t20-/m1/s1. The van der Waals surface area contributed by atoms with Crippen LogP contribution < -0.4 is 10.1 Å². The number of fused-ring (bicyclic) bond motifs is 2. The van der Waals surface area contributed by atoms with Crippen LogP contribution in [0.15, 0.2) is 48.5 Å². The molecular formula is C20H19FN2O3. The molecule has 4 rings (SSSR count). The highest BCUT2D eigenvalue weighted by Crippen LogP contribution is 2.39. The monoisotopic (exact) mass is 354 g/mol. The van der Waals surface area contributed by atoms with E-state index in [2.05, 4.69) is 5.32 Å². The number of benzene rings is 2. The molecule has 1 N–H and O–H groups in total. The van der Waals surface area contributed by atoms with Crippen LogP contribution in [0.3, 0.4) is 0 Å². The van der Waals surface area contributed by atoms with E-state index in [1.54, 1.807) is 0 Å². The van der Waals surface area contributed by atoms with Crippen molar-refractivity contribution in [1.82, 2.24) is 10.2 Å². The van der Waals surface area contributed by atoms with Gasteiger partial charge in [-0.3, -0.25) is 9.69 Å². The van der Waals surface area contributed by atoms with E-state index >= 15 is 0 Å². The third-order valence-electron chi connectivity index (χ3n) is 5.05. The summed E-state index contributed by atoms with van der Waals surface area (Å²) in [5, 5.41) is 2.91. The predicted molar refractivity (Wildman–Crippen MR) is 93.2 cm³/mol. The summed E-state index contributed by atoms with van der Waals surface area (Å²) in [5.41, 5.74) is 1.05. The van der Waals surface area contributed by atoms with E-state index in [0.717, 1.165) is 24.0 Å². The van der Waals surface area contributed by atoms with E-state index in [-0.39, 0.29) is 24.9 Å². The number of ether oxygens (including phenoxy) is 1. The SMILES string of the molecule is O=C1N[C@@]2(CCCc3ccccc32)C(=O)N1CCOc1ccc(F)cc1. The van der Waals surface area contributed by atoms with Crippen LogP contribution >= 0.6 is 0 Å². The molecule has 0 aromatic heterocycles. The average Bonchev–Trinajstić information content (AvgIpc) is 2.88. The molecule has 1 heterocycles. The Balaban J connectivity index is 1.49. The maximum Gasteiger partial charge on any atom is 0.325 e. The molecule has 2 aromatic rings. The molecule has 1 saturated heterocycles. The van der Waals surface area contributed by atoms with Crippen molar-refractivity contribution < 1.29 is 18.7 Å². The van der Waals surface area contributed by atoms with Gasteiger partial charge in [0.05, 0.1) is 6.54 Å². The lowest BCUT2D eigenvalue weighted by Crippen LogP contribution is -2.46. The molecule has 3 amide bonds. The van der Waals surface area contributed by atoms with Crippen LogP contribution in [-0.4, -0.2) is 30.0 Å². The van der Waals surface area contributed by atoms with Crippen LogP contribution in [0.25, 0.3) is 0 Å². The number of nitrogens with one attached hydrogen (secondary N) is 1. The van der Waals surface area contributed by atoms with Crippen LogP contribution in [0.4, 0.5) is 9.18 Å². The fraction of sp³-hybridized carbons (Fsp3) is 0.300. The number of hydrogen-bond donors (Lipinski definition) is 1. The molecule has 2 aliphatic rings. The van der Waals surface area contributed by atoms with Gasteiger partial charge in [-0.25, -0.2) is 9.18 Å². The lowest BCUT2D eigenvalue weighted by molar-refractivity contribution is -0.132. The Morgan fingerprint density at radius 1 is 1.12 bits per heavy atom. The van der Waals surface area contributed by atoms with Gasteiger partial charge in [0.25, 0.3) is 5.91 Å². The van der Waals surface area contributed by atoms with Crippen molar-refractivity contribution in [2.45, 2.75) is 24.8 Å². The lowest BCUT2D eigenvalue weighted by Gasteiger charge is -2.33. The average molecular weight is 354 g/mol. The van der Waals surface area contributed by atoms with Gasteiger partial charge in [0.15, 0.2) is 0 Å². The van der Waals surface area contributed by atoms with Crippen molar-refractivity contribution in [2.24, 2.45) is 0 Å². The van der Waals surface area contributed by atoms with Gasteiger partial charge >= 0.3 is 6.03 Å². The van der Waals surface area contributed by atoms with Crippen LogP contribution in [0.5, 0.6) is 5.75 Å². The second-order valence-corrected chi connectivity index (χ2v) is 6.61. The molecule has 1 aliphatic carbocycles. The molecule has 0 saturated carbocycles. The summed E-state index contributed by atoms with van der Waals surface area (Å²) in [6.07, 6.45) is 2.36. The Morgan fingerprint density at radius 3 is 2.69 bits per heavy atom. The van der Waals surface area contributed by atoms with Gasteiger partial charge in [0, 0.05) is 0 Å². The zero-order valence-electron chi connectivity index (χ0n) is 14.2. The van der Waals surface area contributed by atoms with Gasteiger partial charge in [-0.2, -0.15) is 0 Å². The van der Waals surface area contributed by atoms with E-state index in [9.17, 15) is 14.0 Å². The highest BCUT2D eigenvalue weighted by atomic mass is 19.1. The zero-order chi connectivity index (χ0) is 18.1. The molecule has 1 aliphatic heterocycles. The van der Waals surface area contributed by atoms with Gasteiger partial charge in [0.1, 0.15) is 23.7 Å². The van der Waals surface area contributed by atoms with Crippen molar-refractivity contribution in [3.63, 3.8) is 0 Å². The quantitative estimate of drug-likeness (QED) is 0.859. The third kappa shape index (κ3) is 2.71. The van der Waals surface area contributed by atoms with Gasteiger partial charge in [-0.05, 0) is 54.7 Å². The molecular weight excluding hydrogens is 335 g/mol. The first-order valence-corrected chi connectivity index (χ1v) is 8.71. The first kappa shape index (κ1) is 16.6. The van der Waals surface area contributed by atoms with E-state index in [1.165, 1.54) is 29.2 Å². The first-order valence-electron chi connectivity index (χ1n) is 8.71. The number of amides is 3. The van der Waals surface area contributed by atoms with Crippen LogP contribution in [0.1, 0.15) is 24.0 Å². The fourth-order valence-corrected chi connectivity index (χ4v) is 3.80. The smallest absolute Gasteiger partial charge is 0.325 e. The van der Waals surface area contributed by atoms with Gasteiger partial charge in [0.2, 0.25) is 0 Å². The Labute approximate surface area is 150 Å². The second kappa shape index (κ2) is 6.44. The highest BCUT2D eigenvalue weighted by molar-refractivity contribution is 6.07. The predicted octanol–water partition coefficient (Wildman–Crippen LogP) is 2.99. The third-order valence-corrected chi connectivity index (χ3v) is 5.05. The number of urea groups is 1. The first-order chi connectivity index (χ1) is 12.6. The second-order valence-electron chi connectivity index (χ2n) is 6.61. The minimum Gasteiger partial charge on any atom is -0.492 e.